The zero-order chi connectivity index (χ0) is 23.2. The molecule has 2 N–H and O–H groups in total. The van der Waals surface area contributed by atoms with Crippen LogP contribution in [0.1, 0.15) is 18.2 Å². The fourth-order valence-corrected chi connectivity index (χ4v) is 3.09. The van der Waals surface area contributed by atoms with Gasteiger partial charge in [0.25, 0.3) is 11.1 Å². The highest BCUT2D eigenvalue weighted by Gasteiger charge is 2.04. The Morgan fingerprint density at radius 1 is 0.909 bits per heavy atom. The average Bonchev–Trinajstić information content (AvgIpc) is 2.80. The summed E-state index contributed by atoms with van der Waals surface area (Å²) in [6, 6.07) is 16.0. The van der Waals surface area contributed by atoms with Crippen LogP contribution in [0.5, 0.6) is 17.2 Å². The Hall–Kier alpha value is -4.46. The largest absolute Gasteiger partial charge is 0.492 e. The normalized spacial score (nSPS) is 12.1. The van der Waals surface area contributed by atoms with Crippen molar-refractivity contribution in [3.05, 3.63) is 115 Å². The van der Waals surface area contributed by atoms with Gasteiger partial charge in [-0.25, -0.2) is 4.39 Å². The van der Waals surface area contributed by atoms with Crippen LogP contribution >= 0.6 is 0 Å². The number of benzene rings is 2. The Morgan fingerprint density at radius 2 is 1.64 bits per heavy atom. The zero-order valence-electron chi connectivity index (χ0n) is 17.7. The molecule has 0 atom stereocenters. The van der Waals surface area contributed by atoms with Gasteiger partial charge in [0.15, 0.2) is 0 Å². The van der Waals surface area contributed by atoms with Crippen LogP contribution < -0.4 is 31.3 Å². The number of rotatable bonds is 6. The molecular weight excluding hydrogens is 425 g/mol. The van der Waals surface area contributed by atoms with Crippen LogP contribution in [-0.4, -0.2) is 21.6 Å². The highest BCUT2D eigenvalue weighted by molar-refractivity contribution is 5.53. The molecule has 7 nitrogen and oxygen atoms in total. The van der Waals surface area contributed by atoms with Crippen LogP contribution in [0.3, 0.4) is 0 Å². The average molecular weight is 445 g/mol. The van der Waals surface area contributed by atoms with Gasteiger partial charge in [0.2, 0.25) is 0 Å². The number of pyridine rings is 1. The Morgan fingerprint density at radius 3 is 2.36 bits per heavy atom. The molecule has 0 fully saturated rings. The topological polar surface area (TPSA) is 97.1 Å². The Labute approximate surface area is 187 Å². The maximum atomic E-state index is 13.1. The van der Waals surface area contributed by atoms with E-state index in [0.717, 1.165) is 0 Å². The molecule has 4 aromatic rings. The van der Waals surface area contributed by atoms with Gasteiger partial charge in [-0.2, -0.15) is 0 Å². The minimum Gasteiger partial charge on any atom is -0.492 e. The van der Waals surface area contributed by atoms with Crippen molar-refractivity contribution in [2.45, 2.75) is 6.92 Å². The first-order chi connectivity index (χ1) is 16.0. The number of halogens is 1. The fraction of sp³-hybridized carbons (Fsp3) is 0.0800. The molecule has 4 rings (SSSR count). The van der Waals surface area contributed by atoms with Crippen molar-refractivity contribution in [3.63, 3.8) is 0 Å². The number of nitrogens with zero attached hydrogens (tertiary/aromatic N) is 1. The van der Waals surface area contributed by atoms with E-state index in [4.69, 9.17) is 9.47 Å². The maximum absolute atomic E-state index is 13.1. The van der Waals surface area contributed by atoms with Crippen molar-refractivity contribution in [1.29, 1.82) is 0 Å². The quantitative estimate of drug-likeness (QED) is 0.475. The molecule has 0 aliphatic rings. The van der Waals surface area contributed by atoms with E-state index in [-0.39, 0.29) is 16.5 Å². The molecule has 0 amide bonds. The van der Waals surface area contributed by atoms with E-state index in [1.807, 2.05) is 6.92 Å². The number of hydrogen-bond donors (Lipinski definition) is 2. The number of hydrogen-bond acceptors (Lipinski definition) is 5. The van der Waals surface area contributed by atoms with Crippen LogP contribution in [0.2, 0.25) is 0 Å². The van der Waals surface area contributed by atoms with Gasteiger partial charge in [-0.15, -0.1) is 0 Å². The van der Waals surface area contributed by atoms with Crippen molar-refractivity contribution >= 4 is 12.2 Å². The van der Waals surface area contributed by atoms with E-state index in [2.05, 4.69) is 15.0 Å². The lowest BCUT2D eigenvalue weighted by Crippen LogP contribution is -2.46. The van der Waals surface area contributed by atoms with E-state index in [0.29, 0.717) is 35.1 Å². The van der Waals surface area contributed by atoms with Gasteiger partial charge in [-0.3, -0.25) is 14.6 Å². The lowest BCUT2D eigenvalue weighted by Gasteiger charge is -2.06. The molecule has 2 heterocycles. The number of aromatic amines is 2. The summed E-state index contributed by atoms with van der Waals surface area (Å²) in [5.74, 6) is 1.12. The van der Waals surface area contributed by atoms with Crippen molar-refractivity contribution in [1.82, 2.24) is 15.0 Å². The molecule has 0 bridgehead atoms. The second kappa shape index (κ2) is 9.78. The minimum atomic E-state index is -0.479. The molecule has 2 aromatic carbocycles. The monoisotopic (exact) mass is 445 g/mol. The van der Waals surface area contributed by atoms with Crippen molar-refractivity contribution in [2.75, 3.05) is 6.61 Å². The zero-order valence-corrected chi connectivity index (χ0v) is 17.7. The van der Waals surface area contributed by atoms with E-state index in [1.165, 1.54) is 36.4 Å². The smallest absolute Gasteiger partial charge is 0.272 e. The summed E-state index contributed by atoms with van der Waals surface area (Å²) in [4.78, 5) is 34.6. The summed E-state index contributed by atoms with van der Waals surface area (Å²) in [7, 11) is 0. The fourth-order valence-electron chi connectivity index (χ4n) is 3.09. The predicted octanol–water partition coefficient (Wildman–Crippen LogP) is 2.45. The molecule has 166 valence electrons. The van der Waals surface area contributed by atoms with Crippen LogP contribution in [0.4, 0.5) is 4.39 Å². The highest BCUT2D eigenvalue weighted by Crippen LogP contribution is 2.22. The lowest BCUT2D eigenvalue weighted by molar-refractivity contribution is 0.338. The highest BCUT2D eigenvalue weighted by atomic mass is 19.1. The molecule has 2 aromatic heterocycles. The minimum absolute atomic E-state index is 0.0604. The number of nitrogens with one attached hydrogen (secondary N) is 2. The molecule has 33 heavy (non-hydrogen) atoms. The molecular formula is C25H20FN3O4. The van der Waals surface area contributed by atoms with Gasteiger partial charge in [0, 0.05) is 6.20 Å². The molecule has 0 aliphatic carbocycles. The van der Waals surface area contributed by atoms with E-state index in [1.54, 1.807) is 42.6 Å². The Kier molecular flexibility index (Phi) is 6.45. The van der Waals surface area contributed by atoms with Crippen LogP contribution in [0, 0.1) is 5.82 Å². The van der Waals surface area contributed by atoms with Crippen molar-refractivity contribution in [3.8, 4) is 17.2 Å². The SMILES string of the molecule is CCOc1cccnc1/C=c1\[nH]c(=O)/c(=C/c2cccc(Oc3ccc(F)cc3)c2)[nH]c1=O. The third-order valence-corrected chi connectivity index (χ3v) is 4.58. The van der Waals surface area contributed by atoms with E-state index < -0.39 is 11.1 Å². The summed E-state index contributed by atoms with van der Waals surface area (Å²) in [5.41, 5.74) is 0.117. The van der Waals surface area contributed by atoms with Gasteiger partial charge < -0.3 is 19.4 Å². The van der Waals surface area contributed by atoms with Crippen LogP contribution in [-0.2, 0) is 0 Å². The van der Waals surface area contributed by atoms with Crippen LogP contribution in [0.15, 0.2) is 76.4 Å². The molecule has 8 heteroatoms. The first-order valence-electron chi connectivity index (χ1n) is 10.2. The Balaban J connectivity index is 1.68. The van der Waals surface area contributed by atoms with Gasteiger partial charge in [-0.1, -0.05) is 12.1 Å². The number of H-pyrrole nitrogens is 2. The van der Waals surface area contributed by atoms with Crippen LogP contribution in [0.25, 0.3) is 12.2 Å². The van der Waals surface area contributed by atoms with Gasteiger partial charge in [0.05, 0.1) is 6.61 Å². The van der Waals surface area contributed by atoms with Gasteiger partial charge in [0.1, 0.15) is 39.5 Å². The lowest BCUT2D eigenvalue weighted by atomic mass is 10.2. The molecule has 0 radical (unpaired) electrons. The van der Waals surface area contributed by atoms with Gasteiger partial charge >= 0.3 is 0 Å². The molecule has 0 saturated heterocycles. The molecule has 0 aliphatic heterocycles. The maximum Gasteiger partial charge on any atom is 0.272 e. The summed E-state index contributed by atoms with van der Waals surface area (Å²) >= 11 is 0. The number of aromatic nitrogens is 3. The summed E-state index contributed by atoms with van der Waals surface area (Å²) in [6.07, 6.45) is 4.57. The first-order valence-corrected chi connectivity index (χ1v) is 10.2. The second-order valence-corrected chi connectivity index (χ2v) is 6.97. The summed E-state index contributed by atoms with van der Waals surface area (Å²) in [6.45, 7) is 2.28. The third kappa shape index (κ3) is 5.43. The molecule has 0 unspecified atom stereocenters. The second-order valence-electron chi connectivity index (χ2n) is 6.97. The standard InChI is InChI=1S/C25H20FN3O4/c1-2-32-23-7-4-12-27-20(23)15-22-25(31)28-21(24(30)29-22)14-16-5-3-6-19(13-16)33-18-10-8-17(26)9-11-18/h3-15H,2H2,1H3,(H,28,31)(H,29,30)/b21-14-,22-15-. The Bertz CT molecular complexity index is 1510. The van der Waals surface area contributed by atoms with Gasteiger partial charge in [-0.05, 0) is 73.2 Å². The van der Waals surface area contributed by atoms with Crippen molar-refractivity contribution < 1.29 is 13.9 Å². The van der Waals surface area contributed by atoms with E-state index >= 15 is 0 Å². The van der Waals surface area contributed by atoms with Crippen molar-refractivity contribution in [2.24, 2.45) is 0 Å². The molecule has 0 saturated carbocycles. The third-order valence-electron chi connectivity index (χ3n) is 4.58. The summed E-state index contributed by atoms with van der Waals surface area (Å²) < 4.78 is 24.3. The molecule has 0 spiro atoms. The first kappa shape index (κ1) is 21.8. The summed E-state index contributed by atoms with van der Waals surface area (Å²) in [5, 5.41) is 0.146. The van der Waals surface area contributed by atoms with E-state index in [9.17, 15) is 14.0 Å². The number of ether oxygens (including phenoxy) is 2. The predicted molar refractivity (Wildman–Crippen MR) is 122 cm³/mol.